The van der Waals surface area contributed by atoms with Crippen LogP contribution in [0.5, 0.6) is 11.5 Å². The second-order valence-electron chi connectivity index (χ2n) is 10.6. The summed E-state index contributed by atoms with van der Waals surface area (Å²) in [7, 11) is 0. The SMILES string of the molecule is CC(=NNC(=O)[C@H](C)Sc1nnc(S[C@H](C)C(=O)NN=C(C)c2ccc3c(c2)C[C@H](C)O3)o1)c1ccc2c(c1)C[C@H](C)O2. The Morgan fingerprint density at radius 2 is 1.21 bits per heavy atom. The molecule has 0 radical (unpaired) electrons. The van der Waals surface area contributed by atoms with Gasteiger partial charge in [-0.2, -0.15) is 10.2 Å². The fourth-order valence-electron chi connectivity index (χ4n) is 4.58. The zero-order valence-corrected chi connectivity index (χ0v) is 26.5. The van der Waals surface area contributed by atoms with E-state index in [2.05, 4.69) is 31.3 Å². The first-order valence-electron chi connectivity index (χ1n) is 14.0. The number of hydrazone groups is 2. The summed E-state index contributed by atoms with van der Waals surface area (Å²) >= 11 is 2.22. The van der Waals surface area contributed by atoms with Gasteiger partial charge in [0.2, 0.25) is 0 Å². The van der Waals surface area contributed by atoms with Gasteiger partial charge in [-0.15, -0.1) is 10.2 Å². The highest BCUT2D eigenvalue weighted by Gasteiger charge is 2.23. The summed E-state index contributed by atoms with van der Waals surface area (Å²) in [5.74, 6) is 1.18. The van der Waals surface area contributed by atoms with Gasteiger partial charge in [-0.3, -0.25) is 9.59 Å². The minimum atomic E-state index is -0.545. The average molecular weight is 623 g/mol. The number of nitrogens with zero attached hydrogens (tertiary/aromatic N) is 4. The Morgan fingerprint density at radius 3 is 1.63 bits per heavy atom. The molecule has 0 spiro atoms. The van der Waals surface area contributed by atoms with Crippen LogP contribution in [0.4, 0.5) is 0 Å². The van der Waals surface area contributed by atoms with Crippen LogP contribution in [0.1, 0.15) is 63.8 Å². The van der Waals surface area contributed by atoms with Crippen molar-refractivity contribution >= 4 is 46.8 Å². The maximum atomic E-state index is 12.7. The molecule has 0 fully saturated rings. The number of fused-ring (bicyclic) bond motifs is 2. The van der Waals surface area contributed by atoms with Crippen LogP contribution in [0.2, 0.25) is 0 Å². The third-order valence-corrected chi connectivity index (χ3v) is 8.85. The Balaban J connectivity index is 1.09. The maximum absolute atomic E-state index is 12.7. The molecule has 0 saturated carbocycles. The van der Waals surface area contributed by atoms with E-state index in [1.54, 1.807) is 13.8 Å². The van der Waals surface area contributed by atoms with Gasteiger partial charge in [-0.1, -0.05) is 23.5 Å². The standard InChI is InChI=1S/C30H34N6O5S2/c1-15-11-23-13-21(7-9-25(23)39-15)17(3)31-33-27(37)19(5)42-29-35-36-30(41-29)43-20(6)28(38)34-32-18(4)22-8-10-26-24(14-22)12-16(2)40-26/h7-10,13-16,19-20H,11-12H2,1-6H3,(H,33,37)(H,34,38)/t15-,16-,19-,20+/m0/s1. The van der Waals surface area contributed by atoms with Crippen LogP contribution < -0.4 is 20.3 Å². The van der Waals surface area contributed by atoms with Crippen LogP contribution in [0.25, 0.3) is 0 Å². The molecule has 13 heteroatoms. The first kappa shape index (κ1) is 30.6. The number of rotatable bonds is 10. The molecule has 0 aliphatic carbocycles. The lowest BCUT2D eigenvalue weighted by atomic mass is 10.0. The molecule has 0 bridgehead atoms. The molecule has 2 N–H and O–H groups in total. The van der Waals surface area contributed by atoms with Crippen molar-refractivity contribution in [3.8, 4) is 11.5 Å². The third kappa shape index (κ3) is 7.57. The molecular weight excluding hydrogens is 589 g/mol. The molecule has 5 rings (SSSR count). The smallest absolute Gasteiger partial charge is 0.278 e. The number of aromatic nitrogens is 2. The van der Waals surface area contributed by atoms with Crippen LogP contribution in [-0.2, 0) is 22.4 Å². The summed E-state index contributed by atoms with van der Waals surface area (Å²) in [6, 6.07) is 11.8. The first-order chi connectivity index (χ1) is 20.5. The molecular formula is C30H34N6O5S2. The minimum absolute atomic E-state index is 0.161. The van der Waals surface area contributed by atoms with Crippen molar-refractivity contribution in [3.63, 3.8) is 0 Å². The predicted octanol–water partition coefficient (Wildman–Crippen LogP) is 4.76. The van der Waals surface area contributed by atoms with E-state index in [0.29, 0.717) is 11.4 Å². The molecule has 2 aliphatic heterocycles. The molecule has 2 aliphatic rings. The van der Waals surface area contributed by atoms with Crippen molar-refractivity contribution in [1.29, 1.82) is 0 Å². The molecule has 0 saturated heterocycles. The van der Waals surface area contributed by atoms with Crippen LogP contribution in [-0.4, -0.2) is 56.1 Å². The minimum Gasteiger partial charge on any atom is -0.490 e. The van der Waals surface area contributed by atoms with Crippen molar-refractivity contribution in [2.45, 2.75) is 87.5 Å². The van der Waals surface area contributed by atoms with E-state index >= 15 is 0 Å². The summed E-state index contributed by atoms with van der Waals surface area (Å²) < 4.78 is 17.2. The van der Waals surface area contributed by atoms with E-state index in [4.69, 9.17) is 13.9 Å². The van der Waals surface area contributed by atoms with Crippen molar-refractivity contribution in [2.75, 3.05) is 0 Å². The quantitative estimate of drug-likeness (QED) is 0.186. The Morgan fingerprint density at radius 1 is 0.791 bits per heavy atom. The zero-order chi connectivity index (χ0) is 30.7. The van der Waals surface area contributed by atoms with Crippen LogP contribution in [0.3, 0.4) is 0 Å². The van der Waals surface area contributed by atoms with E-state index in [9.17, 15) is 9.59 Å². The van der Waals surface area contributed by atoms with Crippen molar-refractivity contribution < 1.29 is 23.5 Å². The van der Waals surface area contributed by atoms with Gasteiger partial charge in [0.15, 0.2) is 0 Å². The van der Waals surface area contributed by atoms with Gasteiger partial charge in [-0.05, 0) is 100 Å². The number of carbonyl (C=O) groups is 2. The van der Waals surface area contributed by atoms with Crippen LogP contribution >= 0.6 is 23.5 Å². The summed E-state index contributed by atoms with van der Waals surface area (Å²) in [6.45, 7) is 11.2. The number of ether oxygens (including phenoxy) is 2. The highest BCUT2D eigenvalue weighted by atomic mass is 32.2. The number of benzene rings is 2. The summed E-state index contributed by atoms with van der Waals surface area (Å²) in [5.41, 5.74) is 10.7. The average Bonchev–Trinajstić information content (AvgIpc) is 3.69. The van der Waals surface area contributed by atoms with Crippen molar-refractivity contribution in [2.24, 2.45) is 10.2 Å². The van der Waals surface area contributed by atoms with E-state index in [1.165, 1.54) is 0 Å². The molecule has 3 heterocycles. The highest BCUT2D eigenvalue weighted by molar-refractivity contribution is 8.01. The lowest BCUT2D eigenvalue weighted by Gasteiger charge is -2.09. The summed E-state index contributed by atoms with van der Waals surface area (Å²) in [4.78, 5) is 25.3. The molecule has 43 heavy (non-hydrogen) atoms. The Bertz CT molecular complexity index is 1470. The Hall–Kier alpha value is -3.84. The number of hydrogen-bond donors (Lipinski definition) is 2. The fraction of sp³-hybridized carbons (Fsp3) is 0.400. The van der Waals surface area contributed by atoms with E-state index in [1.807, 2.05) is 64.1 Å². The molecule has 1 aromatic heterocycles. The highest BCUT2D eigenvalue weighted by Crippen LogP contribution is 2.31. The Labute approximate surface area is 258 Å². The molecule has 2 aromatic carbocycles. The summed E-state index contributed by atoms with van der Waals surface area (Å²) in [5, 5.41) is 15.9. The maximum Gasteiger partial charge on any atom is 0.278 e. The normalized spacial score (nSPS) is 19.1. The predicted molar refractivity (Wildman–Crippen MR) is 166 cm³/mol. The second kappa shape index (κ2) is 13.2. The van der Waals surface area contributed by atoms with Gasteiger partial charge in [0.05, 0.1) is 21.9 Å². The van der Waals surface area contributed by atoms with Crippen LogP contribution in [0, 0.1) is 0 Å². The van der Waals surface area contributed by atoms with E-state index in [0.717, 1.165) is 70.1 Å². The lowest BCUT2D eigenvalue weighted by Crippen LogP contribution is -2.27. The van der Waals surface area contributed by atoms with Gasteiger partial charge in [-0.25, -0.2) is 10.9 Å². The van der Waals surface area contributed by atoms with Gasteiger partial charge >= 0.3 is 0 Å². The van der Waals surface area contributed by atoms with Crippen molar-refractivity contribution in [1.82, 2.24) is 21.0 Å². The van der Waals surface area contributed by atoms with Crippen molar-refractivity contribution in [3.05, 3.63) is 58.7 Å². The van der Waals surface area contributed by atoms with Gasteiger partial charge < -0.3 is 13.9 Å². The molecule has 226 valence electrons. The molecule has 3 aromatic rings. The number of carbonyl (C=O) groups excluding carboxylic acids is 2. The number of amides is 2. The molecule has 4 atom stereocenters. The number of nitrogens with one attached hydrogen (secondary N) is 2. The topological polar surface area (TPSA) is 140 Å². The monoisotopic (exact) mass is 622 g/mol. The zero-order valence-electron chi connectivity index (χ0n) is 24.8. The second-order valence-corrected chi connectivity index (χ2v) is 13.2. The summed E-state index contributed by atoms with van der Waals surface area (Å²) in [6.07, 6.45) is 2.02. The van der Waals surface area contributed by atoms with E-state index in [-0.39, 0.29) is 34.5 Å². The largest absolute Gasteiger partial charge is 0.490 e. The number of thioether (sulfide) groups is 2. The van der Waals surface area contributed by atoms with Gasteiger partial charge in [0.25, 0.3) is 22.3 Å². The Kier molecular flexibility index (Phi) is 9.40. The van der Waals surface area contributed by atoms with Gasteiger partial charge in [0, 0.05) is 12.8 Å². The van der Waals surface area contributed by atoms with E-state index < -0.39 is 10.5 Å². The van der Waals surface area contributed by atoms with Gasteiger partial charge in [0.1, 0.15) is 23.7 Å². The molecule has 2 amide bonds. The lowest BCUT2D eigenvalue weighted by molar-refractivity contribution is -0.121. The third-order valence-electron chi connectivity index (χ3n) is 6.98. The first-order valence-corrected chi connectivity index (χ1v) is 15.8. The van der Waals surface area contributed by atoms with Crippen LogP contribution in [0.15, 0.2) is 61.5 Å². The fourth-order valence-corrected chi connectivity index (χ4v) is 5.99. The molecule has 11 nitrogen and oxygen atoms in total. The molecule has 0 unspecified atom stereocenters. The number of hydrogen-bond acceptors (Lipinski definition) is 11.